The van der Waals surface area contributed by atoms with Crippen LogP contribution in [-0.4, -0.2) is 87.5 Å². The van der Waals surface area contributed by atoms with Gasteiger partial charge in [-0.15, -0.1) is 4.28 Å². The minimum Gasteiger partial charge on any atom is -0.311 e. The van der Waals surface area contributed by atoms with E-state index in [1.54, 1.807) is 11.0 Å². The second kappa shape index (κ2) is 8.43. The molecular weight excluding hydrogens is 422 g/mol. The van der Waals surface area contributed by atoms with E-state index >= 15 is 0 Å². The standard InChI is InChI=1S/C15H23N7O7S/c23-14(13-2-1-12-6-21(13)15(24)22(12)29-30(25,26)27)19-28-7-11-3-10(4-17-11)5-20-9-16-8-18-20/h8-13,17H,1-7H2,(H,19,23)(H,25,26,27)/t10-,11+,12+,13-/m0/s1. The van der Waals surface area contributed by atoms with Crippen molar-refractivity contribution in [2.45, 2.75) is 43.9 Å². The number of carbonyl (C=O) groups is 2. The van der Waals surface area contributed by atoms with Crippen molar-refractivity contribution in [3.05, 3.63) is 12.7 Å². The normalized spacial score (nSPS) is 28.9. The van der Waals surface area contributed by atoms with Gasteiger partial charge in [-0.1, -0.05) is 0 Å². The maximum absolute atomic E-state index is 12.5. The zero-order valence-electron chi connectivity index (χ0n) is 16.0. The molecule has 30 heavy (non-hydrogen) atoms. The monoisotopic (exact) mass is 445 g/mol. The third-order valence-corrected chi connectivity index (χ3v) is 5.83. The van der Waals surface area contributed by atoms with Crippen LogP contribution in [0.25, 0.3) is 0 Å². The number of aromatic nitrogens is 3. The predicted molar refractivity (Wildman–Crippen MR) is 97.4 cm³/mol. The van der Waals surface area contributed by atoms with Crippen molar-refractivity contribution in [1.29, 1.82) is 0 Å². The van der Waals surface area contributed by atoms with Crippen molar-refractivity contribution >= 4 is 22.3 Å². The molecule has 4 atom stereocenters. The highest BCUT2D eigenvalue weighted by molar-refractivity contribution is 7.80. The number of nitrogens with zero attached hydrogens (tertiary/aromatic N) is 5. The molecule has 3 aliphatic heterocycles. The lowest BCUT2D eigenvalue weighted by atomic mass is 10.0. The van der Waals surface area contributed by atoms with Gasteiger partial charge in [0.25, 0.3) is 5.91 Å². The van der Waals surface area contributed by atoms with Gasteiger partial charge in [0.2, 0.25) is 0 Å². The number of hydrogen-bond acceptors (Lipinski definition) is 9. The number of fused-ring (bicyclic) bond motifs is 2. The first-order valence-corrected chi connectivity index (χ1v) is 10.9. The second-order valence-corrected chi connectivity index (χ2v) is 8.62. The molecule has 0 saturated carbocycles. The first kappa shape index (κ1) is 20.9. The molecule has 0 spiro atoms. The van der Waals surface area contributed by atoms with Crippen LogP contribution < -0.4 is 10.8 Å². The number of rotatable bonds is 8. The average Bonchev–Trinajstić information content (AvgIpc) is 3.40. The Morgan fingerprint density at radius 1 is 1.40 bits per heavy atom. The molecule has 2 bridgehead atoms. The van der Waals surface area contributed by atoms with Crippen LogP contribution in [0.5, 0.6) is 0 Å². The summed E-state index contributed by atoms with van der Waals surface area (Å²) in [6, 6.07) is -2.07. The summed E-state index contributed by atoms with van der Waals surface area (Å²) in [4.78, 5) is 35.3. The largest absolute Gasteiger partial charge is 0.418 e. The molecule has 1 aromatic heterocycles. The zero-order chi connectivity index (χ0) is 21.3. The van der Waals surface area contributed by atoms with Crippen LogP contribution >= 0.6 is 0 Å². The lowest BCUT2D eigenvalue weighted by Gasteiger charge is -2.29. The topological polar surface area (TPSA) is 168 Å². The van der Waals surface area contributed by atoms with Crippen LogP contribution in [0.3, 0.4) is 0 Å². The number of amides is 3. The molecule has 0 unspecified atom stereocenters. The molecule has 1 aromatic rings. The highest BCUT2D eigenvalue weighted by Gasteiger charge is 2.49. The number of urea groups is 1. The summed E-state index contributed by atoms with van der Waals surface area (Å²) in [6.45, 7) is 1.94. The van der Waals surface area contributed by atoms with Gasteiger partial charge in [0.05, 0.1) is 12.6 Å². The summed E-state index contributed by atoms with van der Waals surface area (Å²) in [6.07, 6.45) is 4.68. The Morgan fingerprint density at radius 2 is 2.23 bits per heavy atom. The SMILES string of the molecule is O=C(NOC[C@H]1C[C@H](Cn2cncn2)CN1)[C@@H]1CC[C@@H]2CN1C(=O)N2OS(=O)(=O)O. The Balaban J connectivity index is 1.22. The summed E-state index contributed by atoms with van der Waals surface area (Å²) < 4.78 is 36.8. The van der Waals surface area contributed by atoms with Gasteiger partial charge >= 0.3 is 16.4 Å². The average molecular weight is 445 g/mol. The Morgan fingerprint density at radius 3 is 2.97 bits per heavy atom. The van der Waals surface area contributed by atoms with Gasteiger partial charge in [0.1, 0.15) is 18.7 Å². The summed E-state index contributed by atoms with van der Waals surface area (Å²) in [5.74, 6) is -0.116. The molecule has 3 N–H and O–H groups in total. The maximum atomic E-state index is 12.5. The number of hydroxylamine groups is 3. The summed E-state index contributed by atoms with van der Waals surface area (Å²) in [5.41, 5.74) is 2.38. The highest BCUT2D eigenvalue weighted by atomic mass is 32.3. The quantitative estimate of drug-likeness (QED) is 0.310. The van der Waals surface area contributed by atoms with Crippen molar-refractivity contribution in [2.75, 3.05) is 19.7 Å². The van der Waals surface area contributed by atoms with Crippen molar-refractivity contribution in [1.82, 2.24) is 35.5 Å². The lowest BCUT2D eigenvalue weighted by Crippen LogP contribution is -2.50. The number of carbonyl (C=O) groups excluding carboxylic acids is 2. The third kappa shape index (κ3) is 4.70. The van der Waals surface area contributed by atoms with E-state index < -0.39 is 34.4 Å². The summed E-state index contributed by atoms with van der Waals surface area (Å²) in [5, 5.41) is 8.02. The second-order valence-electron chi connectivity index (χ2n) is 7.61. The number of nitrogens with one attached hydrogen (secondary N) is 2. The van der Waals surface area contributed by atoms with E-state index in [0.29, 0.717) is 23.8 Å². The van der Waals surface area contributed by atoms with Gasteiger partial charge < -0.3 is 10.2 Å². The van der Waals surface area contributed by atoms with E-state index in [1.807, 2.05) is 0 Å². The van der Waals surface area contributed by atoms with E-state index in [9.17, 15) is 18.0 Å². The zero-order valence-corrected chi connectivity index (χ0v) is 16.8. The van der Waals surface area contributed by atoms with Crippen LogP contribution in [0.2, 0.25) is 0 Å². The highest BCUT2D eigenvalue weighted by Crippen LogP contribution is 2.30. The van der Waals surface area contributed by atoms with Crippen LogP contribution in [0.4, 0.5) is 4.79 Å². The van der Waals surface area contributed by atoms with Gasteiger partial charge in [0.15, 0.2) is 0 Å². The van der Waals surface area contributed by atoms with E-state index in [0.717, 1.165) is 19.5 Å². The molecule has 0 aliphatic carbocycles. The summed E-state index contributed by atoms with van der Waals surface area (Å²) >= 11 is 0. The van der Waals surface area contributed by atoms with Gasteiger partial charge in [-0.05, 0) is 25.2 Å². The van der Waals surface area contributed by atoms with Gasteiger partial charge in [-0.25, -0.2) is 15.3 Å². The fourth-order valence-electron chi connectivity index (χ4n) is 4.15. The first-order valence-electron chi connectivity index (χ1n) is 9.54. The minimum absolute atomic E-state index is 0.0710. The van der Waals surface area contributed by atoms with E-state index in [4.69, 9.17) is 9.39 Å². The Bertz CT molecular complexity index is 880. The third-order valence-electron chi connectivity index (χ3n) is 5.48. The molecule has 3 amide bonds. The minimum atomic E-state index is -4.82. The molecule has 4 rings (SSSR count). The molecule has 14 nitrogen and oxygen atoms in total. The van der Waals surface area contributed by atoms with E-state index in [2.05, 4.69) is 25.2 Å². The van der Waals surface area contributed by atoms with Crippen molar-refractivity contribution in [2.24, 2.45) is 5.92 Å². The Labute approximate surface area is 172 Å². The Hall–Kier alpha value is -2.33. The van der Waals surface area contributed by atoms with Crippen molar-refractivity contribution < 1.29 is 31.7 Å². The van der Waals surface area contributed by atoms with E-state index in [1.165, 1.54) is 11.2 Å². The summed E-state index contributed by atoms with van der Waals surface area (Å²) in [7, 11) is -4.82. The van der Waals surface area contributed by atoms with Crippen LogP contribution in [0.1, 0.15) is 19.3 Å². The molecule has 0 aromatic carbocycles. The maximum Gasteiger partial charge on any atom is 0.418 e. The van der Waals surface area contributed by atoms with Gasteiger partial charge in [-0.2, -0.15) is 18.6 Å². The number of piperidine rings is 1. The molecule has 166 valence electrons. The molecule has 3 fully saturated rings. The van der Waals surface area contributed by atoms with Gasteiger partial charge in [0, 0.05) is 25.7 Å². The molecule has 3 saturated heterocycles. The smallest absolute Gasteiger partial charge is 0.311 e. The van der Waals surface area contributed by atoms with Gasteiger partial charge in [-0.3, -0.25) is 18.9 Å². The molecule has 15 heteroatoms. The van der Waals surface area contributed by atoms with Crippen molar-refractivity contribution in [3.63, 3.8) is 0 Å². The van der Waals surface area contributed by atoms with Crippen LogP contribution in [-0.2, 0) is 30.9 Å². The van der Waals surface area contributed by atoms with Crippen LogP contribution in [0, 0.1) is 5.92 Å². The molecule has 3 aliphatic rings. The fraction of sp³-hybridized carbons (Fsp3) is 0.733. The first-order chi connectivity index (χ1) is 14.3. The molecule has 4 heterocycles. The lowest BCUT2D eigenvalue weighted by molar-refractivity contribution is -0.139. The molecule has 0 radical (unpaired) electrons. The van der Waals surface area contributed by atoms with E-state index in [-0.39, 0.29) is 19.2 Å². The fourth-order valence-corrected chi connectivity index (χ4v) is 4.53. The Kier molecular flexibility index (Phi) is 5.88. The van der Waals surface area contributed by atoms with Crippen LogP contribution in [0.15, 0.2) is 12.7 Å². The van der Waals surface area contributed by atoms with Crippen molar-refractivity contribution in [3.8, 4) is 0 Å². The number of hydrogen-bond donors (Lipinski definition) is 3. The molecular formula is C15H23N7O7S. The predicted octanol–water partition coefficient (Wildman–Crippen LogP) is -1.69.